The van der Waals surface area contributed by atoms with E-state index in [4.69, 9.17) is 14.2 Å². The van der Waals surface area contributed by atoms with Crippen molar-refractivity contribution < 1.29 is 28.6 Å². The van der Waals surface area contributed by atoms with Crippen molar-refractivity contribution in [3.63, 3.8) is 0 Å². The van der Waals surface area contributed by atoms with Gasteiger partial charge in [-0.2, -0.15) is 0 Å². The van der Waals surface area contributed by atoms with Gasteiger partial charge in [-0.05, 0) is 25.2 Å². The largest absolute Gasteiger partial charge is 0.462 e. The average molecular weight is 906 g/mol. The van der Waals surface area contributed by atoms with Crippen LogP contribution >= 0.6 is 0 Å². The van der Waals surface area contributed by atoms with Crippen molar-refractivity contribution in [3.05, 3.63) is 0 Å². The zero-order valence-corrected chi connectivity index (χ0v) is 43.8. The van der Waals surface area contributed by atoms with Crippen molar-refractivity contribution in [2.24, 2.45) is 5.92 Å². The van der Waals surface area contributed by atoms with Gasteiger partial charge < -0.3 is 14.2 Å². The number of esters is 3. The predicted molar refractivity (Wildman–Crippen MR) is 275 cm³/mol. The molecule has 0 aromatic carbocycles. The molecule has 0 rings (SSSR count). The monoisotopic (exact) mass is 905 g/mol. The Labute approximate surface area is 399 Å². The molecule has 0 N–H and O–H groups in total. The van der Waals surface area contributed by atoms with Gasteiger partial charge in [-0.15, -0.1) is 0 Å². The van der Waals surface area contributed by atoms with Crippen molar-refractivity contribution in [2.75, 3.05) is 13.2 Å². The van der Waals surface area contributed by atoms with Gasteiger partial charge in [0, 0.05) is 19.3 Å². The van der Waals surface area contributed by atoms with Gasteiger partial charge in [0.1, 0.15) is 13.2 Å². The van der Waals surface area contributed by atoms with Crippen LogP contribution in [0.2, 0.25) is 0 Å². The summed E-state index contributed by atoms with van der Waals surface area (Å²) >= 11 is 0. The topological polar surface area (TPSA) is 78.9 Å². The molecule has 0 aromatic rings. The van der Waals surface area contributed by atoms with E-state index in [1.807, 2.05) is 0 Å². The summed E-state index contributed by atoms with van der Waals surface area (Å²) in [6.07, 6.45) is 56.7. The predicted octanol–water partition coefficient (Wildman–Crippen LogP) is 19.0. The van der Waals surface area contributed by atoms with Crippen LogP contribution in [0.15, 0.2) is 0 Å². The van der Waals surface area contributed by atoms with Crippen LogP contribution in [-0.4, -0.2) is 37.2 Å². The third-order valence-electron chi connectivity index (χ3n) is 13.3. The van der Waals surface area contributed by atoms with Crippen LogP contribution in [0.25, 0.3) is 0 Å². The molecular formula is C58H112O6. The van der Waals surface area contributed by atoms with Crippen molar-refractivity contribution in [1.29, 1.82) is 0 Å². The van der Waals surface area contributed by atoms with Gasteiger partial charge in [-0.3, -0.25) is 14.4 Å². The molecule has 6 heteroatoms. The molecule has 0 saturated carbocycles. The highest BCUT2D eigenvalue weighted by atomic mass is 16.6. The van der Waals surface area contributed by atoms with Gasteiger partial charge in [-0.25, -0.2) is 0 Å². The van der Waals surface area contributed by atoms with Crippen molar-refractivity contribution in [2.45, 2.75) is 336 Å². The van der Waals surface area contributed by atoms with Crippen LogP contribution in [0.5, 0.6) is 0 Å². The number of hydrogen-bond donors (Lipinski definition) is 0. The van der Waals surface area contributed by atoms with E-state index in [1.54, 1.807) is 0 Å². The molecule has 64 heavy (non-hydrogen) atoms. The molecule has 0 aliphatic heterocycles. The lowest BCUT2D eigenvalue weighted by Gasteiger charge is -2.18. The summed E-state index contributed by atoms with van der Waals surface area (Å²) in [4.78, 5) is 38.0. The Balaban J connectivity index is 4.20. The van der Waals surface area contributed by atoms with E-state index in [9.17, 15) is 14.4 Å². The normalized spacial score (nSPS) is 12.0. The minimum Gasteiger partial charge on any atom is -0.462 e. The van der Waals surface area contributed by atoms with E-state index in [-0.39, 0.29) is 31.1 Å². The second kappa shape index (κ2) is 52.4. The quantitative estimate of drug-likeness (QED) is 0.0344. The first-order chi connectivity index (χ1) is 31.4. The summed E-state index contributed by atoms with van der Waals surface area (Å²) < 4.78 is 16.8. The lowest BCUT2D eigenvalue weighted by molar-refractivity contribution is -0.167. The van der Waals surface area contributed by atoms with Crippen molar-refractivity contribution in [3.8, 4) is 0 Å². The van der Waals surface area contributed by atoms with Gasteiger partial charge in [0.2, 0.25) is 0 Å². The Kier molecular flexibility index (Phi) is 51.1. The molecule has 0 aliphatic rings. The minimum absolute atomic E-state index is 0.0621. The Hall–Kier alpha value is -1.59. The molecule has 0 fully saturated rings. The Morgan fingerprint density at radius 3 is 0.766 bits per heavy atom. The highest BCUT2D eigenvalue weighted by Gasteiger charge is 2.19. The van der Waals surface area contributed by atoms with Gasteiger partial charge in [0.15, 0.2) is 6.10 Å². The minimum atomic E-state index is -0.761. The standard InChI is InChI=1S/C58H112O6/c1-5-7-9-11-13-15-16-17-18-19-20-25-28-31-35-39-43-47-51-58(61)64-55(52-62-56(59)49-45-41-37-32-14-12-10-8-6-2)53-63-57(60)50-46-42-38-34-30-27-24-22-21-23-26-29-33-36-40-44-48-54(3)4/h54-55H,5-53H2,1-4H3/t55-/m0/s1. The molecule has 0 spiro atoms. The highest BCUT2D eigenvalue weighted by molar-refractivity contribution is 5.71. The smallest absolute Gasteiger partial charge is 0.306 e. The zero-order valence-electron chi connectivity index (χ0n) is 43.8. The summed E-state index contributed by atoms with van der Waals surface area (Å²) in [5, 5.41) is 0. The fraction of sp³-hybridized carbons (Fsp3) is 0.948. The van der Waals surface area contributed by atoms with Gasteiger partial charge >= 0.3 is 17.9 Å². The second-order valence-corrected chi connectivity index (χ2v) is 20.4. The van der Waals surface area contributed by atoms with Crippen LogP contribution in [0.1, 0.15) is 329 Å². The Bertz CT molecular complexity index is 964. The molecule has 0 unspecified atom stereocenters. The molecule has 380 valence electrons. The van der Waals surface area contributed by atoms with E-state index in [1.165, 1.54) is 225 Å². The number of ether oxygens (including phenoxy) is 3. The summed E-state index contributed by atoms with van der Waals surface area (Å²) in [5.74, 6) is 0.0140. The van der Waals surface area contributed by atoms with Crippen molar-refractivity contribution in [1.82, 2.24) is 0 Å². The van der Waals surface area contributed by atoms with Crippen molar-refractivity contribution >= 4 is 17.9 Å². The third kappa shape index (κ3) is 51.4. The van der Waals surface area contributed by atoms with Crippen LogP contribution in [-0.2, 0) is 28.6 Å². The summed E-state index contributed by atoms with van der Waals surface area (Å²) in [7, 11) is 0. The molecule has 0 heterocycles. The van der Waals surface area contributed by atoms with Gasteiger partial charge in [0.05, 0.1) is 0 Å². The van der Waals surface area contributed by atoms with Crippen LogP contribution in [0.3, 0.4) is 0 Å². The Morgan fingerprint density at radius 2 is 0.516 bits per heavy atom. The van der Waals surface area contributed by atoms with Gasteiger partial charge in [-0.1, -0.05) is 291 Å². The molecule has 1 atom stereocenters. The fourth-order valence-corrected chi connectivity index (χ4v) is 8.92. The molecule has 0 aromatic heterocycles. The zero-order chi connectivity index (χ0) is 46.7. The maximum atomic E-state index is 12.8. The Morgan fingerprint density at radius 1 is 0.297 bits per heavy atom. The molecule has 0 bridgehead atoms. The number of unbranched alkanes of at least 4 members (excludes halogenated alkanes) is 40. The number of carbonyl (C=O) groups excluding carboxylic acids is 3. The van der Waals surface area contributed by atoms with Crippen LogP contribution < -0.4 is 0 Å². The maximum absolute atomic E-state index is 12.8. The third-order valence-corrected chi connectivity index (χ3v) is 13.3. The number of rotatable bonds is 53. The van der Waals surface area contributed by atoms with E-state index in [0.29, 0.717) is 19.3 Å². The number of hydrogen-bond acceptors (Lipinski definition) is 6. The highest BCUT2D eigenvalue weighted by Crippen LogP contribution is 2.18. The van der Waals surface area contributed by atoms with E-state index in [0.717, 1.165) is 63.7 Å². The van der Waals surface area contributed by atoms with Gasteiger partial charge in [0.25, 0.3) is 0 Å². The molecule has 6 nitrogen and oxygen atoms in total. The second-order valence-electron chi connectivity index (χ2n) is 20.4. The SMILES string of the molecule is CCCCCCCCCCCCCCCCCCCCC(=O)O[C@@H](COC(=O)CCCCCCCCCCC)COC(=O)CCCCCCCCCCCCCCCCCCC(C)C. The average Bonchev–Trinajstić information content (AvgIpc) is 3.28. The fourth-order valence-electron chi connectivity index (χ4n) is 8.92. The lowest BCUT2D eigenvalue weighted by Crippen LogP contribution is -2.30. The summed E-state index contributed by atoms with van der Waals surface area (Å²) in [6.45, 7) is 9.05. The molecule has 0 aliphatic carbocycles. The van der Waals surface area contributed by atoms with E-state index >= 15 is 0 Å². The summed E-state index contributed by atoms with van der Waals surface area (Å²) in [6, 6.07) is 0. The molecular weight excluding hydrogens is 793 g/mol. The first-order valence-electron chi connectivity index (χ1n) is 28.9. The first kappa shape index (κ1) is 62.4. The van der Waals surface area contributed by atoms with E-state index in [2.05, 4.69) is 27.7 Å². The number of carbonyl (C=O) groups is 3. The molecule has 0 amide bonds. The van der Waals surface area contributed by atoms with E-state index < -0.39 is 6.10 Å². The van der Waals surface area contributed by atoms with Crippen LogP contribution in [0.4, 0.5) is 0 Å². The maximum Gasteiger partial charge on any atom is 0.306 e. The molecule has 0 saturated heterocycles. The summed E-state index contributed by atoms with van der Waals surface area (Å²) in [5.41, 5.74) is 0. The first-order valence-corrected chi connectivity index (χ1v) is 28.9. The lowest BCUT2D eigenvalue weighted by atomic mass is 10.0. The molecule has 0 radical (unpaired) electrons. The van der Waals surface area contributed by atoms with Crippen LogP contribution in [0, 0.1) is 5.92 Å².